The van der Waals surface area contributed by atoms with E-state index in [0.29, 0.717) is 0 Å². The van der Waals surface area contributed by atoms with E-state index in [-0.39, 0.29) is 5.56 Å². The monoisotopic (exact) mass is 240 g/mol. The van der Waals surface area contributed by atoms with E-state index in [0.717, 1.165) is 40.3 Å². The maximum atomic E-state index is 11.7. The number of H-pyrrole nitrogens is 2. The highest BCUT2D eigenvalue weighted by Crippen LogP contribution is 2.26. The molecule has 3 heteroatoms. The maximum absolute atomic E-state index is 11.7. The molecular weight excluding hydrogens is 224 g/mol. The molecule has 1 aromatic carbocycles. The Morgan fingerprint density at radius 2 is 1.94 bits per heavy atom. The number of aromatic nitrogens is 2. The van der Waals surface area contributed by atoms with Crippen molar-refractivity contribution in [2.75, 3.05) is 0 Å². The first kappa shape index (κ1) is 11.1. The van der Waals surface area contributed by atoms with Gasteiger partial charge in [0, 0.05) is 28.0 Å². The van der Waals surface area contributed by atoms with E-state index >= 15 is 0 Å². The minimum absolute atomic E-state index is 0.0200. The fourth-order valence-electron chi connectivity index (χ4n) is 2.53. The SMILES string of the molecule is CCCc1[nH]c(=O)cc2c1[nH]c1ccc(C)cc12. The highest BCUT2D eigenvalue weighted by atomic mass is 16.1. The van der Waals surface area contributed by atoms with Crippen molar-refractivity contribution in [2.24, 2.45) is 0 Å². The summed E-state index contributed by atoms with van der Waals surface area (Å²) in [7, 11) is 0. The summed E-state index contributed by atoms with van der Waals surface area (Å²) in [6, 6.07) is 7.97. The second-order valence-corrected chi connectivity index (χ2v) is 4.82. The number of rotatable bonds is 2. The lowest BCUT2D eigenvalue weighted by Crippen LogP contribution is -2.07. The first-order valence-corrected chi connectivity index (χ1v) is 6.33. The fourth-order valence-corrected chi connectivity index (χ4v) is 2.53. The molecule has 0 amide bonds. The van der Waals surface area contributed by atoms with Gasteiger partial charge in [0.15, 0.2) is 0 Å². The van der Waals surface area contributed by atoms with E-state index in [9.17, 15) is 4.79 Å². The van der Waals surface area contributed by atoms with Crippen LogP contribution in [-0.4, -0.2) is 9.97 Å². The Morgan fingerprint density at radius 3 is 2.72 bits per heavy atom. The van der Waals surface area contributed by atoms with Crippen LogP contribution in [-0.2, 0) is 6.42 Å². The van der Waals surface area contributed by atoms with Crippen molar-refractivity contribution >= 4 is 21.8 Å². The van der Waals surface area contributed by atoms with Crippen molar-refractivity contribution in [3.8, 4) is 0 Å². The number of aryl methyl sites for hydroxylation is 2. The van der Waals surface area contributed by atoms with Gasteiger partial charge in [0.05, 0.1) is 5.52 Å². The third kappa shape index (κ3) is 1.63. The second kappa shape index (κ2) is 4.02. The zero-order valence-corrected chi connectivity index (χ0v) is 10.6. The Labute approximate surface area is 105 Å². The second-order valence-electron chi connectivity index (χ2n) is 4.82. The first-order valence-electron chi connectivity index (χ1n) is 6.33. The van der Waals surface area contributed by atoms with E-state index in [1.165, 1.54) is 5.56 Å². The van der Waals surface area contributed by atoms with Crippen LogP contribution in [0.4, 0.5) is 0 Å². The molecule has 2 N–H and O–H groups in total. The average molecular weight is 240 g/mol. The molecule has 0 saturated heterocycles. The molecule has 3 rings (SSSR count). The largest absolute Gasteiger partial charge is 0.353 e. The number of nitrogens with one attached hydrogen (secondary N) is 2. The Bertz CT molecular complexity index is 780. The van der Waals surface area contributed by atoms with Crippen molar-refractivity contribution in [1.82, 2.24) is 9.97 Å². The van der Waals surface area contributed by atoms with Crippen LogP contribution in [0.25, 0.3) is 21.8 Å². The van der Waals surface area contributed by atoms with Crippen LogP contribution in [0.15, 0.2) is 29.1 Å². The minimum atomic E-state index is -0.0200. The summed E-state index contributed by atoms with van der Waals surface area (Å²) in [6.07, 6.45) is 1.90. The van der Waals surface area contributed by atoms with Crippen molar-refractivity contribution in [3.63, 3.8) is 0 Å². The summed E-state index contributed by atoms with van der Waals surface area (Å²) in [6.45, 7) is 4.18. The van der Waals surface area contributed by atoms with E-state index in [1.807, 2.05) is 0 Å². The van der Waals surface area contributed by atoms with E-state index in [4.69, 9.17) is 0 Å². The van der Waals surface area contributed by atoms with Crippen molar-refractivity contribution < 1.29 is 0 Å². The van der Waals surface area contributed by atoms with Gasteiger partial charge in [0.25, 0.3) is 0 Å². The van der Waals surface area contributed by atoms with E-state index in [2.05, 4.69) is 42.0 Å². The first-order chi connectivity index (χ1) is 8.69. The van der Waals surface area contributed by atoms with Gasteiger partial charge in [0.1, 0.15) is 0 Å². The topological polar surface area (TPSA) is 48.6 Å². The Morgan fingerprint density at radius 1 is 1.11 bits per heavy atom. The molecule has 2 heterocycles. The predicted molar refractivity (Wildman–Crippen MR) is 75.2 cm³/mol. The Kier molecular flexibility index (Phi) is 2.47. The fraction of sp³-hybridized carbons (Fsp3) is 0.267. The van der Waals surface area contributed by atoms with Gasteiger partial charge < -0.3 is 9.97 Å². The van der Waals surface area contributed by atoms with E-state index in [1.54, 1.807) is 6.07 Å². The molecule has 3 aromatic rings. The van der Waals surface area contributed by atoms with Gasteiger partial charge >= 0.3 is 0 Å². The van der Waals surface area contributed by atoms with E-state index < -0.39 is 0 Å². The zero-order valence-electron chi connectivity index (χ0n) is 10.6. The molecule has 0 fully saturated rings. The molecule has 0 unspecified atom stereocenters. The zero-order chi connectivity index (χ0) is 12.7. The van der Waals surface area contributed by atoms with Gasteiger partial charge in [-0.05, 0) is 25.5 Å². The third-order valence-electron chi connectivity index (χ3n) is 3.35. The predicted octanol–water partition coefficient (Wildman–Crippen LogP) is 3.27. The van der Waals surface area contributed by atoms with Gasteiger partial charge in [0.2, 0.25) is 5.56 Å². The summed E-state index contributed by atoms with van der Waals surface area (Å²) in [5, 5.41) is 2.16. The summed E-state index contributed by atoms with van der Waals surface area (Å²) in [5.41, 5.74) is 4.35. The summed E-state index contributed by atoms with van der Waals surface area (Å²) < 4.78 is 0. The molecule has 18 heavy (non-hydrogen) atoms. The summed E-state index contributed by atoms with van der Waals surface area (Å²) in [5.74, 6) is 0. The highest BCUT2D eigenvalue weighted by Gasteiger charge is 2.09. The molecular formula is C15H16N2O. The molecule has 0 saturated carbocycles. The van der Waals surface area contributed by atoms with Crippen LogP contribution >= 0.6 is 0 Å². The number of benzene rings is 1. The molecule has 0 aliphatic rings. The summed E-state index contributed by atoms with van der Waals surface area (Å²) in [4.78, 5) is 18.1. The number of hydrogen-bond acceptors (Lipinski definition) is 1. The smallest absolute Gasteiger partial charge is 0.248 e. The lowest BCUT2D eigenvalue weighted by molar-refractivity contribution is 0.884. The average Bonchev–Trinajstić information content (AvgIpc) is 2.68. The number of hydrogen-bond donors (Lipinski definition) is 2. The van der Waals surface area contributed by atoms with Gasteiger partial charge in [-0.1, -0.05) is 25.0 Å². The van der Waals surface area contributed by atoms with Crippen LogP contribution in [0, 0.1) is 6.92 Å². The Balaban J connectivity index is 2.46. The molecule has 0 aliphatic carbocycles. The van der Waals surface area contributed by atoms with Gasteiger partial charge in [-0.25, -0.2) is 0 Å². The third-order valence-corrected chi connectivity index (χ3v) is 3.35. The lowest BCUT2D eigenvalue weighted by atomic mass is 10.1. The van der Waals surface area contributed by atoms with Gasteiger partial charge in [-0.3, -0.25) is 4.79 Å². The standard InChI is InChI=1S/C15H16N2O/c1-3-4-13-15-11(8-14(18)16-13)10-7-9(2)5-6-12(10)17-15/h5-8,17H,3-4H2,1-2H3,(H,16,18). The van der Waals surface area contributed by atoms with Crippen molar-refractivity contribution in [3.05, 3.63) is 45.9 Å². The maximum Gasteiger partial charge on any atom is 0.248 e. The van der Waals surface area contributed by atoms with Crippen molar-refractivity contribution in [1.29, 1.82) is 0 Å². The molecule has 3 nitrogen and oxygen atoms in total. The molecule has 92 valence electrons. The van der Waals surface area contributed by atoms with Crippen LogP contribution in [0.3, 0.4) is 0 Å². The molecule has 0 radical (unpaired) electrons. The number of pyridine rings is 1. The molecule has 0 aliphatic heterocycles. The number of aromatic amines is 2. The van der Waals surface area contributed by atoms with Gasteiger partial charge in [-0.2, -0.15) is 0 Å². The van der Waals surface area contributed by atoms with Crippen LogP contribution in [0.1, 0.15) is 24.6 Å². The molecule has 2 aromatic heterocycles. The molecule has 0 bridgehead atoms. The molecule has 0 spiro atoms. The minimum Gasteiger partial charge on any atom is -0.353 e. The summed E-state index contributed by atoms with van der Waals surface area (Å²) >= 11 is 0. The van der Waals surface area contributed by atoms with Crippen LogP contribution in [0.2, 0.25) is 0 Å². The lowest BCUT2D eigenvalue weighted by Gasteiger charge is -2.00. The van der Waals surface area contributed by atoms with Crippen LogP contribution in [0.5, 0.6) is 0 Å². The highest BCUT2D eigenvalue weighted by molar-refractivity contribution is 6.07. The van der Waals surface area contributed by atoms with Crippen molar-refractivity contribution in [2.45, 2.75) is 26.7 Å². The molecule has 0 atom stereocenters. The quantitative estimate of drug-likeness (QED) is 0.709. The van der Waals surface area contributed by atoms with Gasteiger partial charge in [-0.15, -0.1) is 0 Å². The Hall–Kier alpha value is -2.03. The van der Waals surface area contributed by atoms with Crippen LogP contribution < -0.4 is 5.56 Å². The normalized spacial score (nSPS) is 11.4. The number of fused-ring (bicyclic) bond motifs is 3.